The van der Waals surface area contributed by atoms with E-state index < -0.39 is 15.6 Å². The first kappa shape index (κ1) is 13.8. The number of hydrogen-bond donors (Lipinski definition) is 0. The standard InChI is InChI=1S/C12H15ClO4S/c1-12(16-8-10(7-13)17-12)9-3-5-11(6-4-9)18(2,14)15/h3-6,10H,7-8H2,1-2H3. The summed E-state index contributed by atoms with van der Waals surface area (Å²) >= 11 is 5.72. The zero-order chi connectivity index (χ0) is 13.4. The summed E-state index contributed by atoms with van der Waals surface area (Å²) in [6.45, 7) is 2.24. The zero-order valence-corrected chi connectivity index (χ0v) is 11.8. The molecule has 1 aromatic carbocycles. The van der Waals surface area contributed by atoms with E-state index in [1.165, 1.54) is 6.26 Å². The molecule has 0 N–H and O–H groups in total. The lowest BCUT2D eigenvalue weighted by Gasteiger charge is -2.23. The van der Waals surface area contributed by atoms with Crippen molar-refractivity contribution in [1.82, 2.24) is 0 Å². The van der Waals surface area contributed by atoms with E-state index in [9.17, 15) is 8.42 Å². The van der Waals surface area contributed by atoms with E-state index in [0.29, 0.717) is 12.5 Å². The van der Waals surface area contributed by atoms with Gasteiger partial charge in [0.15, 0.2) is 15.6 Å². The van der Waals surface area contributed by atoms with Crippen molar-refractivity contribution in [3.63, 3.8) is 0 Å². The fourth-order valence-electron chi connectivity index (χ4n) is 1.87. The summed E-state index contributed by atoms with van der Waals surface area (Å²) in [5.74, 6) is -0.480. The third-order valence-electron chi connectivity index (χ3n) is 2.92. The lowest BCUT2D eigenvalue weighted by molar-refractivity contribution is -0.159. The normalized spacial score (nSPS) is 28.5. The summed E-state index contributed by atoms with van der Waals surface area (Å²) < 4.78 is 34.0. The molecule has 18 heavy (non-hydrogen) atoms. The van der Waals surface area contributed by atoms with Crippen molar-refractivity contribution in [2.75, 3.05) is 18.7 Å². The van der Waals surface area contributed by atoms with E-state index in [1.807, 2.05) is 0 Å². The topological polar surface area (TPSA) is 52.6 Å². The number of hydrogen-bond acceptors (Lipinski definition) is 4. The highest BCUT2D eigenvalue weighted by atomic mass is 35.5. The minimum absolute atomic E-state index is 0.133. The van der Waals surface area contributed by atoms with Crippen LogP contribution in [0.4, 0.5) is 0 Å². The van der Waals surface area contributed by atoms with Gasteiger partial charge in [-0.2, -0.15) is 0 Å². The van der Waals surface area contributed by atoms with E-state index >= 15 is 0 Å². The molecule has 2 unspecified atom stereocenters. The van der Waals surface area contributed by atoms with Gasteiger partial charge < -0.3 is 9.47 Å². The van der Waals surface area contributed by atoms with Gasteiger partial charge in [0.05, 0.1) is 23.5 Å². The SMILES string of the molecule is CC1(c2ccc(S(C)(=O)=O)cc2)OCC(CCl)O1. The van der Waals surface area contributed by atoms with Crippen LogP contribution in [-0.4, -0.2) is 33.3 Å². The van der Waals surface area contributed by atoms with Gasteiger partial charge in [-0.15, -0.1) is 11.6 Å². The lowest BCUT2D eigenvalue weighted by Crippen LogP contribution is -2.24. The monoisotopic (exact) mass is 290 g/mol. The summed E-state index contributed by atoms with van der Waals surface area (Å²) in [5.41, 5.74) is 0.780. The molecule has 1 aromatic rings. The van der Waals surface area contributed by atoms with Gasteiger partial charge in [0.2, 0.25) is 0 Å². The van der Waals surface area contributed by atoms with Gasteiger partial charge in [-0.25, -0.2) is 8.42 Å². The van der Waals surface area contributed by atoms with Crippen molar-refractivity contribution < 1.29 is 17.9 Å². The van der Waals surface area contributed by atoms with Crippen LogP contribution in [0.3, 0.4) is 0 Å². The lowest BCUT2D eigenvalue weighted by atomic mass is 10.1. The van der Waals surface area contributed by atoms with Gasteiger partial charge >= 0.3 is 0 Å². The van der Waals surface area contributed by atoms with Crippen molar-refractivity contribution >= 4 is 21.4 Å². The molecule has 1 fully saturated rings. The fraction of sp³-hybridized carbons (Fsp3) is 0.500. The maximum atomic E-state index is 11.4. The Morgan fingerprint density at radius 2 is 2.00 bits per heavy atom. The molecule has 1 saturated heterocycles. The molecule has 0 aliphatic carbocycles. The second-order valence-corrected chi connectivity index (χ2v) is 6.77. The highest BCUT2D eigenvalue weighted by molar-refractivity contribution is 7.90. The molecule has 1 heterocycles. The molecule has 2 atom stereocenters. The van der Waals surface area contributed by atoms with Crippen LogP contribution in [-0.2, 0) is 25.1 Å². The number of alkyl halides is 1. The molecule has 0 saturated carbocycles. The molecule has 1 aliphatic heterocycles. The van der Waals surface area contributed by atoms with Crippen LogP contribution >= 0.6 is 11.6 Å². The van der Waals surface area contributed by atoms with Crippen LogP contribution in [0.5, 0.6) is 0 Å². The summed E-state index contributed by atoms with van der Waals surface area (Å²) in [6, 6.07) is 6.51. The van der Waals surface area contributed by atoms with Crippen LogP contribution in [0.1, 0.15) is 12.5 Å². The summed E-state index contributed by atoms with van der Waals surface area (Å²) in [4.78, 5) is 0.279. The largest absolute Gasteiger partial charge is 0.343 e. The Balaban J connectivity index is 2.25. The van der Waals surface area contributed by atoms with Gasteiger partial charge in [0, 0.05) is 11.8 Å². The van der Waals surface area contributed by atoms with Gasteiger partial charge in [-0.1, -0.05) is 12.1 Å². The predicted molar refractivity (Wildman–Crippen MR) is 68.4 cm³/mol. The molecule has 4 nitrogen and oxygen atoms in total. The minimum atomic E-state index is -3.18. The van der Waals surface area contributed by atoms with Crippen LogP contribution in [0.2, 0.25) is 0 Å². The van der Waals surface area contributed by atoms with Gasteiger partial charge in [0.1, 0.15) is 0 Å². The van der Waals surface area contributed by atoms with E-state index in [2.05, 4.69) is 0 Å². The predicted octanol–water partition coefficient (Wildman–Crippen LogP) is 1.92. The van der Waals surface area contributed by atoms with E-state index in [0.717, 1.165) is 5.56 Å². The first-order chi connectivity index (χ1) is 8.35. The number of benzene rings is 1. The maximum absolute atomic E-state index is 11.4. The third kappa shape index (κ3) is 2.69. The first-order valence-corrected chi connectivity index (χ1v) is 7.96. The van der Waals surface area contributed by atoms with Gasteiger partial charge in [0.25, 0.3) is 0 Å². The molecule has 1 aliphatic rings. The Hall–Kier alpha value is -0.620. The number of ether oxygens (including phenoxy) is 2. The molecule has 100 valence electrons. The van der Waals surface area contributed by atoms with Crippen LogP contribution in [0.25, 0.3) is 0 Å². The second-order valence-electron chi connectivity index (χ2n) is 4.45. The van der Waals surface area contributed by atoms with E-state index in [1.54, 1.807) is 31.2 Å². The zero-order valence-electron chi connectivity index (χ0n) is 10.2. The number of halogens is 1. The highest BCUT2D eigenvalue weighted by Gasteiger charge is 2.38. The quantitative estimate of drug-likeness (QED) is 0.798. The fourth-order valence-corrected chi connectivity index (χ4v) is 2.65. The average molecular weight is 291 g/mol. The highest BCUT2D eigenvalue weighted by Crippen LogP contribution is 2.34. The maximum Gasteiger partial charge on any atom is 0.192 e. The Labute approximate surface area is 112 Å². The van der Waals surface area contributed by atoms with Gasteiger partial charge in [-0.05, 0) is 19.1 Å². The second kappa shape index (κ2) is 4.81. The summed E-state index contributed by atoms with van der Waals surface area (Å²) in [5, 5.41) is 0. The minimum Gasteiger partial charge on any atom is -0.343 e. The molecule has 0 amide bonds. The first-order valence-electron chi connectivity index (χ1n) is 5.53. The van der Waals surface area contributed by atoms with Crippen molar-refractivity contribution in [1.29, 1.82) is 0 Å². The Bertz CT molecular complexity index is 526. The van der Waals surface area contributed by atoms with Crippen molar-refractivity contribution in [2.24, 2.45) is 0 Å². The van der Waals surface area contributed by atoms with Crippen molar-refractivity contribution in [2.45, 2.75) is 23.7 Å². The Kier molecular flexibility index (Phi) is 3.69. The number of rotatable bonds is 3. The van der Waals surface area contributed by atoms with Crippen LogP contribution < -0.4 is 0 Å². The van der Waals surface area contributed by atoms with Crippen molar-refractivity contribution in [3.05, 3.63) is 29.8 Å². The molecule has 0 radical (unpaired) electrons. The molecular weight excluding hydrogens is 276 g/mol. The Morgan fingerprint density at radius 1 is 1.39 bits per heavy atom. The molecule has 0 spiro atoms. The smallest absolute Gasteiger partial charge is 0.192 e. The molecule has 6 heteroatoms. The third-order valence-corrected chi connectivity index (χ3v) is 4.39. The molecule has 2 rings (SSSR count). The number of sulfone groups is 1. The molecule has 0 bridgehead atoms. The van der Waals surface area contributed by atoms with E-state index in [-0.39, 0.29) is 11.0 Å². The molecular formula is C12H15ClO4S. The van der Waals surface area contributed by atoms with Crippen LogP contribution in [0.15, 0.2) is 29.2 Å². The average Bonchev–Trinajstić information content (AvgIpc) is 2.72. The Morgan fingerprint density at radius 3 is 2.44 bits per heavy atom. The summed E-state index contributed by atoms with van der Waals surface area (Å²) in [6.07, 6.45) is 1.04. The van der Waals surface area contributed by atoms with Crippen molar-refractivity contribution in [3.8, 4) is 0 Å². The van der Waals surface area contributed by atoms with E-state index in [4.69, 9.17) is 21.1 Å². The van der Waals surface area contributed by atoms with Gasteiger partial charge in [-0.3, -0.25) is 0 Å². The van der Waals surface area contributed by atoms with Crippen LogP contribution in [0, 0.1) is 0 Å². The molecule has 0 aromatic heterocycles. The summed E-state index contributed by atoms with van der Waals surface area (Å²) in [7, 11) is -3.18.